The summed E-state index contributed by atoms with van der Waals surface area (Å²) in [5, 5.41) is 18.5. The molecule has 6 heteroatoms. The Morgan fingerprint density at radius 2 is 1.88 bits per heavy atom. The normalized spacial score (nSPS) is 25.0. The van der Waals surface area contributed by atoms with Crippen molar-refractivity contribution in [1.82, 2.24) is 15.1 Å². The fourth-order valence-corrected chi connectivity index (χ4v) is 4.44. The highest BCUT2D eigenvalue weighted by Crippen LogP contribution is 2.51. The minimum absolute atomic E-state index is 0.147. The van der Waals surface area contributed by atoms with Crippen LogP contribution in [0.3, 0.4) is 0 Å². The molecule has 2 aromatic rings. The van der Waals surface area contributed by atoms with Gasteiger partial charge in [-0.2, -0.15) is 0 Å². The van der Waals surface area contributed by atoms with Crippen LogP contribution in [-0.4, -0.2) is 51.0 Å². The van der Waals surface area contributed by atoms with Crippen LogP contribution in [-0.2, 0) is 0 Å². The first kappa shape index (κ1) is 16.8. The van der Waals surface area contributed by atoms with Gasteiger partial charge >= 0.3 is 6.09 Å². The predicted molar refractivity (Wildman–Crippen MR) is 100 cm³/mol. The van der Waals surface area contributed by atoms with Gasteiger partial charge in [0.05, 0.1) is 17.3 Å². The van der Waals surface area contributed by atoms with E-state index in [1.807, 2.05) is 42.5 Å². The highest BCUT2D eigenvalue weighted by molar-refractivity contribution is 5.69. The molecule has 2 aliphatic heterocycles. The van der Waals surface area contributed by atoms with E-state index in [1.54, 1.807) is 4.90 Å². The Bertz CT molecular complexity index is 816. The summed E-state index contributed by atoms with van der Waals surface area (Å²) in [5.41, 5.74) is 1.35. The number of rotatable bonds is 2. The molecule has 1 aromatic heterocycles. The molecule has 2 fully saturated rings. The number of amides is 1. The summed E-state index contributed by atoms with van der Waals surface area (Å²) in [6, 6.07) is 14.1. The molecule has 0 radical (unpaired) electrons. The second kappa shape index (κ2) is 5.69. The maximum atomic E-state index is 11.8. The van der Waals surface area contributed by atoms with E-state index in [4.69, 9.17) is 0 Å². The molecule has 2 saturated heterocycles. The lowest BCUT2D eigenvalue weighted by atomic mass is 9.73. The third kappa shape index (κ3) is 2.43. The molecule has 0 unspecified atom stereocenters. The molecule has 0 saturated carbocycles. The van der Waals surface area contributed by atoms with Crippen LogP contribution in [0.25, 0.3) is 11.3 Å². The Hall–Kier alpha value is -2.63. The molecule has 1 N–H and O–H groups in total. The number of carboxylic acid groups (broad SMARTS) is 1. The van der Waals surface area contributed by atoms with E-state index in [9.17, 15) is 9.90 Å². The zero-order valence-electron chi connectivity index (χ0n) is 15.4. The Kier molecular flexibility index (Phi) is 3.68. The van der Waals surface area contributed by atoms with Crippen LogP contribution in [0.1, 0.15) is 27.2 Å². The van der Waals surface area contributed by atoms with E-state index in [1.165, 1.54) is 0 Å². The van der Waals surface area contributed by atoms with Crippen molar-refractivity contribution >= 4 is 11.9 Å². The van der Waals surface area contributed by atoms with E-state index >= 15 is 0 Å². The molecule has 4 rings (SSSR count). The average molecular weight is 352 g/mol. The summed E-state index contributed by atoms with van der Waals surface area (Å²) in [4.78, 5) is 15.6. The van der Waals surface area contributed by atoms with E-state index < -0.39 is 6.09 Å². The predicted octanol–water partition coefficient (Wildman–Crippen LogP) is 3.50. The molecule has 26 heavy (non-hydrogen) atoms. The van der Waals surface area contributed by atoms with Crippen LogP contribution >= 0.6 is 0 Å². The largest absolute Gasteiger partial charge is 0.465 e. The standard InChI is InChI=1S/C20H24N4O2/c1-19(2,3)20-11-15(12-24(20)18(25)26)23(13-20)17-10-9-16(21-22-17)14-7-5-4-6-8-14/h4-10,15H,11-13H2,1-3H3,(H,25,26)/t15-,20+/m0/s1. The first-order chi connectivity index (χ1) is 12.3. The van der Waals surface area contributed by atoms with Crippen molar-refractivity contribution < 1.29 is 9.90 Å². The fraction of sp³-hybridized carbons (Fsp3) is 0.450. The Balaban J connectivity index is 1.62. The number of anilines is 1. The number of hydrogen-bond donors (Lipinski definition) is 1. The van der Waals surface area contributed by atoms with E-state index in [0.717, 1.165) is 23.5 Å². The number of aromatic nitrogens is 2. The van der Waals surface area contributed by atoms with Crippen molar-refractivity contribution in [2.45, 2.75) is 38.8 Å². The SMILES string of the molecule is CC(C)(C)[C@]12C[C@@H](CN1C(=O)O)N(c1ccc(-c3ccccc3)nn1)C2. The summed E-state index contributed by atoms with van der Waals surface area (Å²) in [7, 11) is 0. The molecular formula is C20H24N4O2. The van der Waals surface area contributed by atoms with Gasteiger partial charge in [0.2, 0.25) is 0 Å². The van der Waals surface area contributed by atoms with Gasteiger partial charge in [-0.15, -0.1) is 10.2 Å². The second-order valence-electron chi connectivity index (χ2n) is 8.30. The van der Waals surface area contributed by atoms with Crippen molar-refractivity contribution in [2.24, 2.45) is 5.41 Å². The molecule has 3 heterocycles. The topological polar surface area (TPSA) is 69.6 Å². The lowest BCUT2D eigenvalue weighted by Gasteiger charge is -2.48. The van der Waals surface area contributed by atoms with Crippen LogP contribution < -0.4 is 4.90 Å². The van der Waals surface area contributed by atoms with Gasteiger partial charge in [-0.1, -0.05) is 51.1 Å². The first-order valence-corrected chi connectivity index (χ1v) is 8.98. The Morgan fingerprint density at radius 1 is 1.15 bits per heavy atom. The van der Waals surface area contributed by atoms with Gasteiger partial charge in [0.15, 0.2) is 5.82 Å². The number of benzene rings is 1. The maximum Gasteiger partial charge on any atom is 0.407 e. The number of nitrogens with zero attached hydrogens (tertiary/aromatic N) is 4. The Morgan fingerprint density at radius 3 is 2.46 bits per heavy atom. The summed E-state index contributed by atoms with van der Waals surface area (Å²) in [5.74, 6) is 0.825. The smallest absolute Gasteiger partial charge is 0.407 e. The molecule has 6 nitrogen and oxygen atoms in total. The van der Waals surface area contributed by atoms with Crippen LogP contribution in [0.5, 0.6) is 0 Å². The highest BCUT2D eigenvalue weighted by atomic mass is 16.4. The molecule has 1 aromatic carbocycles. The van der Waals surface area contributed by atoms with Crippen molar-refractivity contribution in [2.75, 3.05) is 18.0 Å². The third-order valence-corrected chi connectivity index (χ3v) is 6.00. The third-order valence-electron chi connectivity index (χ3n) is 6.00. The molecular weight excluding hydrogens is 328 g/mol. The average Bonchev–Trinajstić information content (AvgIpc) is 3.20. The second-order valence-corrected chi connectivity index (χ2v) is 8.30. The molecule has 2 aliphatic rings. The molecule has 0 aliphatic carbocycles. The van der Waals surface area contributed by atoms with Gasteiger partial charge in [-0.25, -0.2) is 4.79 Å². The lowest BCUT2D eigenvalue weighted by Crippen LogP contribution is -2.61. The number of likely N-dealkylation sites (tertiary alicyclic amines) is 1. The van der Waals surface area contributed by atoms with Crippen molar-refractivity contribution in [3.8, 4) is 11.3 Å². The molecule has 1 amide bonds. The molecule has 2 bridgehead atoms. The van der Waals surface area contributed by atoms with Crippen LogP contribution in [0.2, 0.25) is 0 Å². The first-order valence-electron chi connectivity index (χ1n) is 8.98. The summed E-state index contributed by atoms with van der Waals surface area (Å²) >= 11 is 0. The van der Waals surface area contributed by atoms with E-state index in [0.29, 0.717) is 13.1 Å². The Labute approximate surface area is 153 Å². The molecule has 136 valence electrons. The summed E-state index contributed by atoms with van der Waals surface area (Å²) in [6.07, 6.45) is 0.0119. The van der Waals surface area contributed by atoms with Crippen molar-refractivity contribution in [1.29, 1.82) is 0 Å². The van der Waals surface area contributed by atoms with Crippen LogP contribution in [0.4, 0.5) is 10.6 Å². The number of piperazine rings is 1. The number of carbonyl (C=O) groups is 1. The van der Waals surface area contributed by atoms with Gasteiger partial charge in [-0.3, -0.25) is 4.90 Å². The maximum absolute atomic E-state index is 11.8. The van der Waals surface area contributed by atoms with Gasteiger partial charge in [0, 0.05) is 18.7 Å². The van der Waals surface area contributed by atoms with Gasteiger partial charge < -0.3 is 10.0 Å². The van der Waals surface area contributed by atoms with Gasteiger partial charge in [-0.05, 0) is 24.0 Å². The van der Waals surface area contributed by atoms with Gasteiger partial charge in [0.25, 0.3) is 0 Å². The summed E-state index contributed by atoms with van der Waals surface area (Å²) in [6.45, 7) is 7.55. The van der Waals surface area contributed by atoms with Crippen molar-refractivity contribution in [3.05, 3.63) is 42.5 Å². The van der Waals surface area contributed by atoms with Crippen molar-refractivity contribution in [3.63, 3.8) is 0 Å². The monoisotopic (exact) mass is 352 g/mol. The highest BCUT2D eigenvalue weighted by Gasteiger charge is 2.62. The zero-order valence-corrected chi connectivity index (χ0v) is 15.4. The lowest BCUT2D eigenvalue weighted by molar-refractivity contribution is 0.0362. The minimum Gasteiger partial charge on any atom is -0.465 e. The number of hydrogen-bond acceptors (Lipinski definition) is 4. The molecule has 0 spiro atoms. The fourth-order valence-electron chi connectivity index (χ4n) is 4.44. The van der Waals surface area contributed by atoms with E-state index in [-0.39, 0.29) is 17.0 Å². The minimum atomic E-state index is -0.826. The number of fused-ring (bicyclic) bond motifs is 2. The van der Waals surface area contributed by atoms with Crippen LogP contribution in [0.15, 0.2) is 42.5 Å². The summed E-state index contributed by atoms with van der Waals surface area (Å²) < 4.78 is 0. The van der Waals surface area contributed by atoms with Gasteiger partial charge in [0.1, 0.15) is 0 Å². The zero-order chi connectivity index (χ0) is 18.5. The molecule has 2 atom stereocenters. The van der Waals surface area contributed by atoms with E-state index in [2.05, 4.69) is 35.9 Å². The quantitative estimate of drug-likeness (QED) is 0.896. The van der Waals surface area contributed by atoms with Crippen LogP contribution in [0, 0.1) is 5.41 Å².